The molecule has 1 fully saturated rings. The number of benzene rings is 1. The van der Waals surface area contributed by atoms with Gasteiger partial charge in [-0.2, -0.15) is 5.10 Å². The SMILES string of the molecule is Cc1cc(C(=O)N2CCC(n3c(=O)[nH]c4ccccc43)CC2)nn1C. The van der Waals surface area contributed by atoms with Crippen molar-refractivity contribution in [1.29, 1.82) is 0 Å². The number of nitrogens with one attached hydrogen (secondary N) is 1. The first kappa shape index (κ1) is 15.7. The number of rotatable bonds is 2. The molecule has 0 atom stereocenters. The van der Waals surface area contributed by atoms with Gasteiger partial charge in [-0.25, -0.2) is 4.79 Å². The van der Waals surface area contributed by atoms with Gasteiger partial charge >= 0.3 is 5.69 Å². The average Bonchev–Trinajstić information content (AvgIpc) is 3.13. The third-order valence-electron chi connectivity index (χ3n) is 5.07. The van der Waals surface area contributed by atoms with E-state index in [1.54, 1.807) is 4.68 Å². The van der Waals surface area contributed by atoms with E-state index in [1.807, 2.05) is 53.8 Å². The number of likely N-dealkylation sites (tertiary alicyclic amines) is 1. The van der Waals surface area contributed by atoms with E-state index < -0.39 is 0 Å². The standard InChI is InChI=1S/C18H21N5O2/c1-12-11-15(20-21(12)2)17(24)22-9-7-13(8-10-22)23-16-6-4-3-5-14(16)19-18(23)25/h3-6,11,13H,7-10H2,1-2H3,(H,19,25). The number of aryl methyl sites for hydroxylation is 2. The normalized spacial score (nSPS) is 15.8. The van der Waals surface area contributed by atoms with Gasteiger partial charge in [0, 0.05) is 31.9 Å². The minimum atomic E-state index is -0.0775. The number of imidazole rings is 1. The van der Waals surface area contributed by atoms with Crippen LogP contribution < -0.4 is 5.69 Å². The molecule has 3 aromatic rings. The number of H-pyrrole nitrogens is 1. The van der Waals surface area contributed by atoms with Gasteiger partial charge in [0.1, 0.15) is 0 Å². The van der Waals surface area contributed by atoms with Crippen molar-refractivity contribution in [1.82, 2.24) is 24.2 Å². The number of carbonyl (C=O) groups excluding carboxylic acids is 1. The largest absolute Gasteiger partial charge is 0.337 e. The summed E-state index contributed by atoms with van der Waals surface area (Å²) in [5.41, 5.74) is 3.16. The molecule has 3 heterocycles. The summed E-state index contributed by atoms with van der Waals surface area (Å²) >= 11 is 0. The number of piperidine rings is 1. The fourth-order valence-electron chi connectivity index (χ4n) is 3.59. The van der Waals surface area contributed by atoms with Crippen LogP contribution in [0.2, 0.25) is 0 Å². The average molecular weight is 339 g/mol. The van der Waals surface area contributed by atoms with E-state index in [-0.39, 0.29) is 17.6 Å². The first-order chi connectivity index (χ1) is 12.0. The van der Waals surface area contributed by atoms with Crippen LogP contribution in [0, 0.1) is 6.92 Å². The van der Waals surface area contributed by atoms with Gasteiger partial charge in [-0.3, -0.25) is 14.0 Å². The summed E-state index contributed by atoms with van der Waals surface area (Å²) in [7, 11) is 1.84. The minimum Gasteiger partial charge on any atom is -0.337 e. The minimum absolute atomic E-state index is 0.0339. The van der Waals surface area contributed by atoms with Crippen LogP contribution >= 0.6 is 0 Å². The summed E-state index contributed by atoms with van der Waals surface area (Å²) in [5, 5.41) is 4.27. The van der Waals surface area contributed by atoms with Crippen molar-refractivity contribution < 1.29 is 4.79 Å². The molecule has 25 heavy (non-hydrogen) atoms. The van der Waals surface area contributed by atoms with Crippen LogP contribution in [0.4, 0.5) is 0 Å². The Morgan fingerprint density at radius 3 is 2.64 bits per heavy atom. The number of amides is 1. The second-order valence-corrected chi connectivity index (χ2v) is 6.64. The molecule has 1 aromatic carbocycles. The van der Waals surface area contributed by atoms with Gasteiger partial charge in [-0.1, -0.05) is 12.1 Å². The number of fused-ring (bicyclic) bond motifs is 1. The quantitative estimate of drug-likeness (QED) is 0.774. The zero-order chi connectivity index (χ0) is 17.6. The molecular formula is C18H21N5O2. The van der Waals surface area contributed by atoms with E-state index in [0.717, 1.165) is 29.6 Å². The Labute approximate surface area is 144 Å². The molecule has 0 saturated carbocycles. The first-order valence-corrected chi connectivity index (χ1v) is 8.54. The van der Waals surface area contributed by atoms with Gasteiger partial charge in [0.15, 0.2) is 5.69 Å². The first-order valence-electron chi connectivity index (χ1n) is 8.54. The molecule has 1 amide bonds. The Balaban J connectivity index is 1.52. The van der Waals surface area contributed by atoms with Crippen LogP contribution in [0.5, 0.6) is 0 Å². The molecule has 130 valence electrons. The van der Waals surface area contributed by atoms with Crippen LogP contribution in [0.3, 0.4) is 0 Å². The monoisotopic (exact) mass is 339 g/mol. The number of carbonyl (C=O) groups is 1. The summed E-state index contributed by atoms with van der Waals surface area (Å²) in [4.78, 5) is 29.7. The van der Waals surface area contributed by atoms with Crippen molar-refractivity contribution in [2.45, 2.75) is 25.8 Å². The summed E-state index contributed by atoms with van der Waals surface area (Å²) in [6, 6.07) is 9.65. The number of aromatic amines is 1. The Morgan fingerprint density at radius 1 is 1.24 bits per heavy atom. The third kappa shape index (κ3) is 2.65. The Bertz CT molecular complexity index is 969. The van der Waals surface area contributed by atoms with E-state index in [4.69, 9.17) is 0 Å². The maximum atomic E-state index is 12.6. The smallest absolute Gasteiger partial charge is 0.326 e. The van der Waals surface area contributed by atoms with E-state index >= 15 is 0 Å². The van der Waals surface area contributed by atoms with Gasteiger partial charge in [0.05, 0.1) is 11.0 Å². The lowest BCUT2D eigenvalue weighted by atomic mass is 10.0. The van der Waals surface area contributed by atoms with E-state index in [2.05, 4.69) is 10.1 Å². The van der Waals surface area contributed by atoms with Crippen molar-refractivity contribution in [3.8, 4) is 0 Å². The Hall–Kier alpha value is -2.83. The molecule has 7 heteroatoms. The Kier molecular flexibility index (Phi) is 3.71. The highest BCUT2D eigenvalue weighted by Crippen LogP contribution is 2.25. The molecule has 0 aliphatic carbocycles. The van der Waals surface area contributed by atoms with E-state index in [0.29, 0.717) is 18.8 Å². The molecule has 2 aromatic heterocycles. The van der Waals surface area contributed by atoms with Gasteiger partial charge in [0.25, 0.3) is 5.91 Å². The molecular weight excluding hydrogens is 318 g/mol. The molecule has 1 aliphatic rings. The number of para-hydroxylation sites is 2. The number of nitrogens with zero attached hydrogens (tertiary/aromatic N) is 4. The molecule has 4 rings (SSSR count). The summed E-state index contributed by atoms with van der Waals surface area (Å²) in [6.07, 6.45) is 1.53. The molecule has 0 unspecified atom stereocenters. The number of aromatic nitrogens is 4. The predicted octanol–water partition coefficient (Wildman–Crippen LogP) is 1.85. The van der Waals surface area contributed by atoms with E-state index in [9.17, 15) is 9.59 Å². The predicted molar refractivity (Wildman–Crippen MR) is 94.7 cm³/mol. The third-order valence-corrected chi connectivity index (χ3v) is 5.07. The number of hydrogen-bond acceptors (Lipinski definition) is 3. The lowest BCUT2D eigenvalue weighted by Gasteiger charge is -2.32. The highest BCUT2D eigenvalue weighted by molar-refractivity contribution is 5.92. The molecule has 1 aliphatic heterocycles. The van der Waals surface area contributed by atoms with Crippen molar-refractivity contribution >= 4 is 16.9 Å². The lowest BCUT2D eigenvalue weighted by Crippen LogP contribution is -2.40. The zero-order valence-electron chi connectivity index (χ0n) is 14.4. The van der Waals surface area contributed by atoms with Crippen LogP contribution in [0.25, 0.3) is 11.0 Å². The van der Waals surface area contributed by atoms with Crippen LogP contribution in [-0.2, 0) is 7.05 Å². The van der Waals surface area contributed by atoms with E-state index in [1.165, 1.54) is 0 Å². The maximum absolute atomic E-state index is 12.6. The second-order valence-electron chi connectivity index (χ2n) is 6.64. The fraction of sp³-hybridized carbons (Fsp3) is 0.389. The molecule has 0 spiro atoms. The van der Waals surface area contributed by atoms with Crippen molar-refractivity contribution in [3.05, 3.63) is 52.2 Å². The molecule has 0 bridgehead atoms. The summed E-state index contributed by atoms with van der Waals surface area (Å²) < 4.78 is 3.55. The fourth-order valence-corrected chi connectivity index (χ4v) is 3.59. The van der Waals surface area contributed by atoms with Gasteiger partial charge in [0.2, 0.25) is 0 Å². The van der Waals surface area contributed by atoms with Gasteiger partial charge in [-0.05, 0) is 38.0 Å². The topological polar surface area (TPSA) is 75.9 Å². The van der Waals surface area contributed by atoms with Gasteiger partial charge in [-0.15, -0.1) is 0 Å². The molecule has 0 radical (unpaired) electrons. The molecule has 1 saturated heterocycles. The highest BCUT2D eigenvalue weighted by Gasteiger charge is 2.27. The summed E-state index contributed by atoms with van der Waals surface area (Å²) in [5.74, 6) is -0.0339. The van der Waals surface area contributed by atoms with Crippen molar-refractivity contribution in [3.63, 3.8) is 0 Å². The maximum Gasteiger partial charge on any atom is 0.326 e. The van der Waals surface area contributed by atoms with Crippen LogP contribution in [0.15, 0.2) is 35.1 Å². The van der Waals surface area contributed by atoms with Crippen LogP contribution in [-0.4, -0.2) is 43.2 Å². The molecule has 7 nitrogen and oxygen atoms in total. The molecule has 1 N–H and O–H groups in total. The van der Waals surface area contributed by atoms with Gasteiger partial charge < -0.3 is 9.88 Å². The lowest BCUT2D eigenvalue weighted by molar-refractivity contribution is 0.0688. The second kappa shape index (κ2) is 5.91. The van der Waals surface area contributed by atoms with Crippen molar-refractivity contribution in [2.75, 3.05) is 13.1 Å². The Morgan fingerprint density at radius 2 is 1.96 bits per heavy atom. The highest BCUT2D eigenvalue weighted by atomic mass is 16.2. The van der Waals surface area contributed by atoms with Crippen LogP contribution in [0.1, 0.15) is 35.1 Å². The summed E-state index contributed by atoms with van der Waals surface area (Å²) in [6.45, 7) is 3.19. The number of hydrogen-bond donors (Lipinski definition) is 1. The zero-order valence-corrected chi connectivity index (χ0v) is 14.4. The van der Waals surface area contributed by atoms with Crippen molar-refractivity contribution in [2.24, 2.45) is 7.05 Å².